The van der Waals surface area contributed by atoms with Crippen LogP contribution in [0.25, 0.3) is 0 Å². The molecule has 0 saturated carbocycles. The number of hydrogen-bond acceptors (Lipinski definition) is 14. The van der Waals surface area contributed by atoms with Crippen LogP contribution in [0.4, 0.5) is 4.79 Å². The Hall–Kier alpha value is -3.52. The number of hydrogen-bond donors (Lipinski definition) is 2. The first kappa shape index (κ1) is 36.8. The van der Waals surface area contributed by atoms with E-state index in [-0.39, 0.29) is 36.7 Å². The average Bonchev–Trinajstić information content (AvgIpc) is 3.57. The van der Waals surface area contributed by atoms with Gasteiger partial charge < -0.3 is 38.8 Å². The van der Waals surface area contributed by atoms with Crippen LogP contribution in [-0.4, -0.2) is 101 Å². The van der Waals surface area contributed by atoms with Crippen molar-refractivity contribution in [2.24, 2.45) is 0 Å². The first-order chi connectivity index (χ1) is 24.7. The van der Waals surface area contributed by atoms with Gasteiger partial charge in [-0.2, -0.15) is 5.26 Å². The number of nitriles is 1. The number of carbonyl (C=O) groups is 3. The molecule has 14 nitrogen and oxygen atoms in total. The third-order valence-corrected chi connectivity index (χ3v) is 12.0. The normalized spacial score (nSPS) is 27.7. The van der Waals surface area contributed by atoms with Gasteiger partial charge in [0.15, 0.2) is 23.0 Å². The van der Waals surface area contributed by atoms with Gasteiger partial charge in [0, 0.05) is 47.0 Å². The van der Waals surface area contributed by atoms with Crippen LogP contribution in [0.5, 0.6) is 28.7 Å². The van der Waals surface area contributed by atoms with Gasteiger partial charge in [-0.25, -0.2) is 9.59 Å². The number of benzene rings is 2. The fourth-order valence-electron chi connectivity index (χ4n) is 8.40. The maximum absolute atomic E-state index is 13.7. The van der Waals surface area contributed by atoms with Gasteiger partial charge in [0.1, 0.15) is 31.0 Å². The molecular formula is C34H35Cl3N4O10S. The van der Waals surface area contributed by atoms with E-state index in [1.165, 1.54) is 25.8 Å². The lowest BCUT2D eigenvalue weighted by Gasteiger charge is -2.61. The van der Waals surface area contributed by atoms with Gasteiger partial charge >= 0.3 is 18.0 Å². The molecule has 5 aliphatic heterocycles. The lowest BCUT2D eigenvalue weighted by atomic mass is 9.71. The summed E-state index contributed by atoms with van der Waals surface area (Å²) in [4.78, 5) is 43.4. The Morgan fingerprint density at radius 2 is 1.88 bits per heavy atom. The molecule has 2 N–H and O–H groups in total. The molecule has 7 atom stereocenters. The number of rotatable bonds is 4. The predicted molar refractivity (Wildman–Crippen MR) is 188 cm³/mol. The van der Waals surface area contributed by atoms with Crippen LogP contribution in [0.1, 0.15) is 57.6 Å². The molecule has 2 unspecified atom stereocenters. The SMILES string of the molecule is COc1c(C)cc2c(c1O)[C@@H]1C3[C@@H]4SCC(NC(=O)OCC(Cl)(Cl)Cl)C(=O)OC[C@H](c5c6c(c(C)c(OC(C)=O)c54)OCO6)N3[C@@H](C#N)[C@H](C2)N1C. The van der Waals surface area contributed by atoms with Crippen molar-refractivity contribution in [2.75, 3.05) is 39.9 Å². The standard InChI is InChI=1S/C34H35Cl3N4O10S/c1-13-6-16-7-18-19(8-38)41-20-9-47-32(44)17(39-33(45)48-11-34(35,36)37)10-52-31(25(41)24(40(18)4)21(16)26(43)27(13)46-5)23-22(20)30-29(49-12-50-30)14(2)28(23)51-15(3)42/h6,17-20,24-25,31,43H,7,9-12H2,1-5H3,(H,39,45)/t17?,18-,19-,20+,24+,25?,31+/m0/s1. The van der Waals surface area contributed by atoms with Crippen molar-refractivity contribution < 1.29 is 47.9 Å². The zero-order valence-electron chi connectivity index (χ0n) is 28.7. The Labute approximate surface area is 318 Å². The lowest BCUT2D eigenvalue weighted by molar-refractivity contribution is -0.151. The summed E-state index contributed by atoms with van der Waals surface area (Å²) in [6.45, 7) is 3.97. The molecule has 0 spiro atoms. The third kappa shape index (κ3) is 6.01. The van der Waals surface area contributed by atoms with Gasteiger partial charge in [0.2, 0.25) is 10.6 Å². The zero-order chi connectivity index (χ0) is 37.4. The van der Waals surface area contributed by atoms with Crippen molar-refractivity contribution in [3.05, 3.63) is 39.4 Å². The Kier molecular flexibility index (Phi) is 9.71. The van der Waals surface area contributed by atoms with Crippen LogP contribution in [0.15, 0.2) is 6.07 Å². The van der Waals surface area contributed by atoms with Crippen molar-refractivity contribution in [1.82, 2.24) is 15.1 Å². The number of piperazine rings is 1. The van der Waals surface area contributed by atoms with Crippen molar-refractivity contribution in [2.45, 2.75) is 72.5 Å². The Morgan fingerprint density at radius 1 is 1.15 bits per heavy atom. The van der Waals surface area contributed by atoms with Gasteiger partial charge in [0.05, 0.1) is 30.5 Å². The van der Waals surface area contributed by atoms with Crippen LogP contribution in [-0.2, 0) is 25.5 Å². The molecule has 0 aliphatic carbocycles. The largest absolute Gasteiger partial charge is 0.504 e. The molecule has 5 heterocycles. The Bertz CT molecular complexity index is 1900. The summed E-state index contributed by atoms with van der Waals surface area (Å²) in [6.07, 6.45) is -0.553. The van der Waals surface area contributed by atoms with Gasteiger partial charge in [-0.3, -0.25) is 14.6 Å². The molecule has 2 aromatic carbocycles. The number of nitrogens with one attached hydrogen (secondary N) is 1. The molecule has 2 aromatic rings. The second kappa shape index (κ2) is 13.7. The number of nitrogens with zero attached hydrogens (tertiary/aromatic N) is 3. The fourth-order valence-corrected chi connectivity index (χ4v) is 10.1. The van der Waals surface area contributed by atoms with Crippen molar-refractivity contribution >= 4 is 64.6 Å². The number of phenolic OH excluding ortho intramolecular Hbond substituents is 1. The average molecular weight is 798 g/mol. The number of fused-ring (bicyclic) bond motifs is 9. The fraction of sp³-hybridized carbons (Fsp3) is 0.529. The molecule has 18 heteroatoms. The molecule has 0 radical (unpaired) electrons. The third-order valence-electron chi connectivity index (χ3n) is 10.3. The number of alkyl carbamates (subject to hydrolysis) is 1. The number of alkyl halides is 3. The molecule has 2 fully saturated rings. The summed E-state index contributed by atoms with van der Waals surface area (Å²) in [5.74, 6) is -0.00818. The van der Waals surface area contributed by atoms with E-state index in [1.54, 1.807) is 6.92 Å². The summed E-state index contributed by atoms with van der Waals surface area (Å²) >= 11 is 18.6. The minimum atomic E-state index is -1.88. The first-order valence-electron chi connectivity index (χ1n) is 16.4. The molecule has 2 saturated heterocycles. The minimum Gasteiger partial charge on any atom is -0.504 e. The van der Waals surface area contributed by atoms with Crippen LogP contribution in [0.3, 0.4) is 0 Å². The molecule has 52 heavy (non-hydrogen) atoms. The van der Waals surface area contributed by atoms with Crippen LogP contribution in [0, 0.1) is 25.2 Å². The summed E-state index contributed by atoms with van der Waals surface area (Å²) in [6, 6.07) is 0.309. The van der Waals surface area contributed by atoms with E-state index in [0.29, 0.717) is 45.9 Å². The lowest BCUT2D eigenvalue weighted by Crippen LogP contribution is -2.69. The Morgan fingerprint density at radius 3 is 2.56 bits per heavy atom. The number of esters is 2. The first-order valence-corrected chi connectivity index (χ1v) is 18.6. The van der Waals surface area contributed by atoms with E-state index in [9.17, 15) is 24.8 Å². The van der Waals surface area contributed by atoms with Crippen LogP contribution in [0.2, 0.25) is 0 Å². The topological polar surface area (TPSA) is 169 Å². The van der Waals surface area contributed by atoms with E-state index < -0.39 is 63.9 Å². The van der Waals surface area contributed by atoms with E-state index >= 15 is 0 Å². The summed E-state index contributed by atoms with van der Waals surface area (Å²) < 4.78 is 32.8. The number of amides is 1. The van der Waals surface area contributed by atoms with E-state index in [2.05, 4.69) is 21.2 Å². The minimum absolute atomic E-state index is 0.00825. The summed E-state index contributed by atoms with van der Waals surface area (Å²) in [7, 11) is 3.42. The molecule has 1 amide bonds. The summed E-state index contributed by atoms with van der Waals surface area (Å²) in [5.41, 5.74) is 3.97. The van der Waals surface area contributed by atoms with Crippen LogP contribution >= 0.6 is 46.6 Å². The number of halogens is 3. The number of thioether (sulfide) groups is 1. The number of ether oxygens (including phenoxy) is 6. The van der Waals surface area contributed by atoms with Gasteiger partial charge in [-0.15, -0.1) is 11.8 Å². The predicted octanol–water partition coefficient (Wildman–Crippen LogP) is 4.70. The monoisotopic (exact) mass is 796 g/mol. The van der Waals surface area contributed by atoms with Gasteiger partial charge in [0.25, 0.3) is 0 Å². The van der Waals surface area contributed by atoms with Crippen LogP contribution < -0.4 is 24.3 Å². The van der Waals surface area contributed by atoms with Gasteiger partial charge in [-0.05, 0) is 38.4 Å². The maximum atomic E-state index is 13.7. The van der Waals surface area contributed by atoms with Gasteiger partial charge in [-0.1, -0.05) is 40.9 Å². The number of carbonyl (C=O) groups excluding carboxylic acids is 3. The highest BCUT2D eigenvalue weighted by molar-refractivity contribution is 7.99. The molecule has 0 aromatic heterocycles. The Balaban J connectivity index is 1.45. The highest BCUT2D eigenvalue weighted by Crippen LogP contribution is 2.64. The molecular weight excluding hydrogens is 763 g/mol. The number of likely N-dealkylation sites (N-methyl/N-ethyl adjacent to an activating group) is 1. The van der Waals surface area contributed by atoms with Crippen molar-refractivity contribution in [3.63, 3.8) is 0 Å². The zero-order valence-corrected chi connectivity index (χ0v) is 31.7. The number of aromatic hydroxyl groups is 1. The van der Waals surface area contributed by atoms with E-state index in [0.717, 1.165) is 11.1 Å². The molecule has 4 bridgehead atoms. The maximum Gasteiger partial charge on any atom is 0.408 e. The number of cyclic esters (lactones) is 1. The molecule has 278 valence electrons. The molecule has 7 rings (SSSR count). The highest BCUT2D eigenvalue weighted by Gasteiger charge is 2.60. The number of aryl methyl sites for hydroxylation is 1. The smallest absolute Gasteiger partial charge is 0.408 e. The molecule has 5 aliphatic rings. The number of phenols is 1. The highest BCUT2D eigenvalue weighted by atomic mass is 35.6. The van der Waals surface area contributed by atoms with Crippen molar-refractivity contribution in [1.29, 1.82) is 5.26 Å². The van der Waals surface area contributed by atoms with E-state index in [4.69, 9.17) is 63.2 Å². The van der Waals surface area contributed by atoms with Crippen molar-refractivity contribution in [3.8, 4) is 34.8 Å². The van der Waals surface area contributed by atoms with E-state index in [1.807, 2.05) is 20.0 Å². The second-order valence-electron chi connectivity index (χ2n) is 13.3. The second-order valence-corrected chi connectivity index (χ2v) is 17.0. The quantitative estimate of drug-likeness (QED) is 0.248. The summed E-state index contributed by atoms with van der Waals surface area (Å²) in [5, 5.41) is 24.7. The number of methoxy groups -OCH3 is 1.